The van der Waals surface area contributed by atoms with Crippen LogP contribution in [0.3, 0.4) is 0 Å². The molecule has 1 aromatic carbocycles. The standard InChI is InChI=1S/C17H24N2O2/c1-21-12-11-19-16(20)13-15(14-5-3-2-4-6-14)17(19)7-9-18-10-8-17/h2-6,15,18H,7-13H2,1H3. The molecule has 1 atom stereocenters. The molecule has 2 aliphatic heterocycles. The number of ether oxygens (including phenoxy) is 1. The Hall–Kier alpha value is -1.39. The van der Waals surface area contributed by atoms with Crippen LogP contribution in [0, 0.1) is 0 Å². The van der Waals surface area contributed by atoms with E-state index in [1.54, 1.807) is 7.11 Å². The largest absolute Gasteiger partial charge is 0.383 e. The molecule has 3 rings (SSSR count). The molecule has 0 saturated carbocycles. The van der Waals surface area contributed by atoms with E-state index in [1.807, 2.05) is 6.07 Å². The first-order chi connectivity index (χ1) is 10.3. The van der Waals surface area contributed by atoms with Crippen molar-refractivity contribution in [3.8, 4) is 0 Å². The number of amides is 1. The molecule has 1 spiro atoms. The Kier molecular flexibility index (Phi) is 4.27. The summed E-state index contributed by atoms with van der Waals surface area (Å²) in [6.07, 6.45) is 2.69. The van der Waals surface area contributed by atoms with Gasteiger partial charge in [-0.1, -0.05) is 30.3 Å². The molecule has 4 heteroatoms. The number of piperidine rings is 1. The Morgan fingerprint density at radius 1 is 1.29 bits per heavy atom. The van der Waals surface area contributed by atoms with Gasteiger partial charge in [0.15, 0.2) is 0 Å². The van der Waals surface area contributed by atoms with Gasteiger partial charge in [0, 0.05) is 26.0 Å². The average molecular weight is 288 g/mol. The third kappa shape index (κ3) is 2.58. The summed E-state index contributed by atoms with van der Waals surface area (Å²) < 4.78 is 5.22. The van der Waals surface area contributed by atoms with Crippen LogP contribution in [-0.2, 0) is 9.53 Å². The Labute approximate surface area is 126 Å². The normalized spacial score (nSPS) is 24.7. The van der Waals surface area contributed by atoms with E-state index < -0.39 is 0 Å². The fourth-order valence-corrected chi connectivity index (χ4v) is 4.03. The lowest BCUT2D eigenvalue weighted by atomic mass is 9.74. The van der Waals surface area contributed by atoms with Gasteiger partial charge in [-0.15, -0.1) is 0 Å². The van der Waals surface area contributed by atoms with Crippen LogP contribution in [0.15, 0.2) is 30.3 Å². The number of rotatable bonds is 4. The van der Waals surface area contributed by atoms with Crippen LogP contribution in [0.1, 0.15) is 30.7 Å². The molecule has 21 heavy (non-hydrogen) atoms. The van der Waals surface area contributed by atoms with Crippen LogP contribution < -0.4 is 5.32 Å². The van der Waals surface area contributed by atoms with Gasteiger partial charge in [-0.2, -0.15) is 0 Å². The van der Waals surface area contributed by atoms with Crippen molar-refractivity contribution >= 4 is 5.91 Å². The lowest BCUT2D eigenvalue weighted by Crippen LogP contribution is -2.55. The van der Waals surface area contributed by atoms with Crippen LogP contribution in [0.2, 0.25) is 0 Å². The summed E-state index contributed by atoms with van der Waals surface area (Å²) in [5.74, 6) is 0.591. The molecular weight excluding hydrogens is 264 g/mol. The minimum atomic E-state index is -0.0256. The molecule has 1 unspecified atom stereocenters. The van der Waals surface area contributed by atoms with Crippen LogP contribution in [0.25, 0.3) is 0 Å². The van der Waals surface area contributed by atoms with Gasteiger partial charge in [0.1, 0.15) is 0 Å². The van der Waals surface area contributed by atoms with E-state index in [0.717, 1.165) is 25.9 Å². The quantitative estimate of drug-likeness (QED) is 0.918. The zero-order valence-electron chi connectivity index (χ0n) is 12.7. The highest BCUT2D eigenvalue weighted by Gasteiger charge is 2.52. The molecule has 2 aliphatic rings. The van der Waals surface area contributed by atoms with Gasteiger partial charge in [-0.3, -0.25) is 4.79 Å². The maximum Gasteiger partial charge on any atom is 0.223 e. The molecule has 2 heterocycles. The number of carbonyl (C=O) groups excluding carboxylic acids is 1. The summed E-state index contributed by atoms with van der Waals surface area (Å²) in [6, 6.07) is 10.5. The Balaban J connectivity index is 1.94. The van der Waals surface area contributed by atoms with E-state index in [1.165, 1.54) is 5.56 Å². The number of carbonyl (C=O) groups is 1. The van der Waals surface area contributed by atoms with Crippen LogP contribution in [0.5, 0.6) is 0 Å². The summed E-state index contributed by atoms with van der Waals surface area (Å²) in [5.41, 5.74) is 1.27. The predicted octanol–water partition coefficient (Wildman–Crippen LogP) is 1.77. The van der Waals surface area contributed by atoms with Crippen LogP contribution in [0.4, 0.5) is 0 Å². The Morgan fingerprint density at radius 3 is 2.67 bits per heavy atom. The third-order valence-electron chi connectivity index (χ3n) is 5.06. The smallest absolute Gasteiger partial charge is 0.223 e. The molecular formula is C17H24N2O2. The molecule has 1 N–H and O–H groups in total. The van der Waals surface area contributed by atoms with E-state index in [-0.39, 0.29) is 11.4 Å². The van der Waals surface area contributed by atoms with Crippen molar-refractivity contribution in [3.63, 3.8) is 0 Å². The number of benzene rings is 1. The average Bonchev–Trinajstić information content (AvgIpc) is 2.79. The van der Waals surface area contributed by atoms with E-state index in [2.05, 4.69) is 34.5 Å². The maximum absolute atomic E-state index is 12.6. The molecule has 0 aromatic heterocycles. The fraction of sp³-hybridized carbons (Fsp3) is 0.588. The van der Waals surface area contributed by atoms with Crippen molar-refractivity contribution < 1.29 is 9.53 Å². The molecule has 1 amide bonds. The molecule has 0 bridgehead atoms. The predicted molar refractivity (Wildman–Crippen MR) is 82.2 cm³/mol. The van der Waals surface area contributed by atoms with Crippen molar-refractivity contribution in [2.24, 2.45) is 0 Å². The highest BCUT2D eigenvalue weighted by Crippen LogP contribution is 2.47. The van der Waals surface area contributed by atoms with E-state index in [4.69, 9.17) is 4.74 Å². The summed E-state index contributed by atoms with van der Waals surface area (Å²) >= 11 is 0. The SMILES string of the molecule is COCCN1C(=O)CC(c2ccccc2)C12CCNCC2. The summed E-state index contributed by atoms with van der Waals surface area (Å²) in [6.45, 7) is 3.29. The molecule has 4 nitrogen and oxygen atoms in total. The van der Waals surface area contributed by atoms with E-state index in [0.29, 0.717) is 25.5 Å². The summed E-state index contributed by atoms with van der Waals surface area (Å²) in [7, 11) is 1.70. The highest BCUT2D eigenvalue weighted by molar-refractivity contribution is 5.81. The van der Waals surface area contributed by atoms with Crippen molar-refractivity contribution in [1.82, 2.24) is 10.2 Å². The summed E-state index contributed by atoms with van der Waals surface area (Å²) in [5, 5.41) is 3.43. The lowest BCUT2D eigenvalue weighted by Gasteiger charge is -2.45. The number of hydrogen-bond donors (Lipinski definition) is 1. The minimum Gasteiger partial charge on any atom is -0.383 e. The molecule has 0 aliphatic carbocycles. The number of hydrogen-bond acceptors (Lipinski definition) is 3. The molecule has 114 valence electrons. The first-order valence-electron chi connectivity index (χ1n) is 7.83. The van der Waals surface area contributed by atoms with Crippen molar-refractivity contribution in [2.45, 2.75) is 30.7 Å². The zero-order chi connectivity index (χ0) is 14.7. The second-order valence-electron chi connectivity index (χ2n) is 6.06. The highest BCUT2D eigenvalue weighted by atomic mass is 16.5. The van der Waals surface area contributed by atoms with E-state index >= 15 is 0 Å². The Morgan fingerprint density at radius 2 is 2.00 bits per heavy atom. The van der Waals surface area contributed by atoms with Crippen molar-refractivity contribution in [3.05, 3.63) is 35.9 Å². The zero-order valence-corrected chi connectivity index (χ0v) is 12.7. The second-order valence-corrected chi connectivity index (χ2v) is 6.06. The van der Waals surface area contributed by atoms with E-state index in [9.17, 15) is 4.79 Å². The van der Waals surface area contributed by atoms with Gasteiger partial charge in [0.2, 0.25) is 5.91 Å². The van der Waals surface area contributed by atoms with Gasteiger partial charge < -0.3 is 15.0 Å². The molecule has 0 radical (unpaired) electrons. The number of nitrogens with one attached hydrogen (secondary N) is 1. The monoisotopic (exact) mass is 288 g/mol. The second kappa shape index (κ2) is 6.16. The van der Waals surface area contributed by atoms with Gasteiger partial charge in [-0.25, -0.2) is 0 Å². The lowest BCUT2D eigenvalue weighted by molar-refractivity contribution is -0.132. The number of likely N-dealkylation sites (tertiary alicyclic amines) is 1. The summed E-state index contributed by atoms with van der Waals surface area (Å²) in [4.78, 5) is 14.7. The van der Waals surface area contributed by atoms with Gasteiger partial charge in [0.25, 0.3) is 0 Å². The first-order valence-corrected chi connectivity index (χ1v) is 7.83. The molecule has 1 aromatic rings. The first kappa shape index (κ1) is 14.5. The van der Waals surface area contributed by atoms with Crippen molar-refractivity contribution in [1.29, 1.82) is 0 Å². The fourth-order valence-electron chi connectivity index (χ4n) is 4.03. The molecule has 2 fully saturated rings. The third-order valence-corrected chi connectivity index (χ3v) is 5.06. The van der Waals surface area contributed by atoms with Crippen LogP contribution >= 0.6 is 0 Å². The maximum atomic E-state index is 12.6. The van der Waals surface area contributed by atoms with Crippen molar-refractivity contribution in [2.75, 3.05) is 33.4 Å². The van der Waals surface area contributed by atoms with Crippen LogP contribution in [-0.4, -0.2) is 49.7 Å². The Bertz CT molecular complexity index is 483. The number of methoxy groups -OCH3 is 1. The van der Waals surface area contributed by atoms with Gasteiger partial charge in [-0.05, 0) is 31.5 Å². The topological polar surface area (TPSA) is 41.6 Å². The minimum absolute atomic E-state index is 0.0256. The van der Waals surface area contributed by atoms with Gasteiger partial charge in [0.05, 0.1) is 12.1 Å². The molecule has 2 saturated heterocycles. The van der Waals surface area contributed by atoms with Gasteiger partial charge >= 0.3 is 0 Å². The number of nitrogens with zero attached hydrogens (tertiary/aromatic N) is 1.